The fraction of sp³-hybridized carbons (Fsp3) is 0.308. The van der Waals surface area contributed by atoms with Crippen LogP contribution < -0.4 is 0 Å². The van der Waals surface area contributed by atoms with Crippen LogP contribution in [0.2, 0.25) is 0 Å². The van der Waals surface area contributed by atoms with E-state index < -0.39 is 6.10 Å². The molecule has 1 aromatic carbocycles. The van der Waals surface area contributed by atoms with Gasteiger partial charge in [-0.1, -0.05) is 49.4 Å². The van der Waals surface area contributed by atoms with Crippen LogP contribution in [-0.2, 0) is 4.79 Å². The van der Waals surface area contributed by atoms with Gasteiger partial charge < -0.3 is 5.11 Å². The van der Waals surface area contributed by atoms with Crippen molar-refractivity contribution in [2.45, 2.75) is 20.0 Å². The number of Topliss-reactive ketones (excluding diaryl/α,β-unsaturated/α-hetero) is 1. The zero-order valence-electron chi connectivity index (χ0n) is 9.05. The molecule has 2 heteroatoms. The molecule has 0 saturated carbocycles. The van der Waals surface area contributed by atoms with Gasteiger partial charge in [0.05, 0.1) is 6.10 Å². The first-order valence-corrected chi connectivity index (χ1v) is 5.03. The average molecular weight is 204 g/mol. The molecule has 0 heterocycles. The van der Waals surface area contributed by atoms with E-state index in [2.05, 4.69) is 0 Å². The van der Waals surface area contributed by atoms with Crippen LogP contribution in [0.3, 0.4) is 0 Å². The third-order valence-corrected chi connectivity index (χ3v) is 2.44. The summed E-state index contributed by atoms with van der Waals surface area (Å²) in [6, 6.07) is 9.69. The summed E-state index contributed by atoms with van der Waals surface area (Å²) in [6.45, 7) is 3.21. The van der Waals surface area contributed by atoms with Gasteiger partial charge in [-0.15, -0.1) is 0 Å². The van der Waals surface area contributed by atoms with Gasteiger partial charge in [-0.25, -0.2) is 0 Å². The molecule has 0 radical (unpaired) electrons. The predicted molar refractivity (Wildman–Crippen MR) is 61.3 cm³/mol. The van der Waals surface area contributed by atoms with Gasteiger partial charge in [-0.2, -0.15) is 0 Å². The highest BCUT2D eigenvalue weighted by Crippen LogP contribution is 2.08. The summed E-state index contributed by atoms with van der Waals surface area (Å²) in [7, 11) is 0. The van der Waals surface area contributed by atoms with Gasteiger partial charge in [0.25, 0.3) is 0 Å². The summed E-state index contributed by atoms with van der Waals surface area (Å²) in [4.78, 5) is 11.0. The van der Waals surface area contributed by atoms with E-state index in [0.717, 1.165) is 5.56 Å². The summed E-state index contributed by atoms with van der Waals surface area (Å²) in [6.07, 6.45) is 2.77. The second-order valence-corrected chi connectivity index (χ2v) is 3.66. The lowest BCUT2D eigenvalue weighted by Gasteiger charge is -2.11. The standard InChI is InChI=1S/C13H16O2/c1-10(11(2)14)13(15)9-8-12-6-4-3-5-7-12/h3-10,13,15H,1-2H3/b9-8+. The van der Waals surface area contributed by atoms with Crippen LogP contribution >= 0.6 is 0 Å². The van der Waals surface area contributed by atoms with Gasteiger partial charge in [0, 0.05) is 5.92 Å². The Morgan fingerprint density at radius 3 is 2.47 bits per heavy atom. The fourth-order valence-corrected chi connectivity index (χ4v) is 1.18. The lowest BCUT2D eigenvalue weighted by molar-refractivity contribution is -0.122. The molecule has 1 rings (SSSR count). The highest BCUT2D eigenvalue weighted by atomic mass is 16.3. The molecule has 1 N–H and O–H groups in total. The second-order valence-electron chi connectivity index (χ2n) is 3.66. The molecule has 0 spiro atoms. The Morgan fingerprint density at radius 2 is 1.93 bits per heavy atom. The van der Waals surface area contributed by atoms with Crippen molar-refractivity contribution in [3.8, 4) is 0 Å². The predicted octanol–water partition coefficient (Wildman–Crippen LogP) is 2.29. The summed E-state index contributed by atoms with van der Waals surface area (Å²) in [5.41, 5.74) is 1.02. The van der Waals surface area contributed by atoms with Crippen molar-refractivity contribution in [1.29, 1.82) is 0 Å². The molecule has 0 aromatic heterocycles. The number of carbonyl (C=O) groups is 1. The van der Waals surface area contributed by atoms with E-state index in [4.69, 9.17) is 0 Å². The third kappa shape index (κ3) is 3.68. The van der Waals surface area contributed by atoms with Gasteiger partial charge in [0.2, 0.25) is 0 Å². The van der Waals surface area contributed by atoms with Crippen LogP contribution in [-0.4, -0.2) is 17.0 Å². The molecule has 0 amide bonds. The number of ketones is 1. The Morgan fingerprint density at radius 1 is 1.33 bits per heavy atom. The molecule has 0 bridgehead atoms. The number of aliphatic hydroxyl groups is 1. The summed E-state index contributed by atoms with van der Waals surface area (Å²) in [5, 5.41) is 9.64. The Kier molecular flexibility index (Phi) is 4.25. The Bertz CT molecular complexity index is 341. The highest BCUT2D eigenvalue weighted by molar-refractivity contribution is 5.78. The monoisotopic (exact) mass is 204 g/mol. The van der Waals surface area contributed by atoms with Crippen molar-refractivity contribution >= 4 is 11.9 Å². The molecule has 0 aliphatic heterocycles. The maximum Gasteiger partial charge on any atom is 0.135 e. The summed E-state index contributed by atoms with van der Waals surface area (Å²) in [5.74, 6) is -0.342. The molecular weight excluding hydrogens is 188 g/mol. The molecule has 2 unspecified atom stereocenters. The van der Waals surface area contributed by atoms with Crippen molar-refractivity contribution in [3.63, 3.8) is 0 Å². The van der Waals surface area contributed by atoms with Crippen molar-refractivity contribution in [2.75, 3.05) is 0 Å². The van der Waals surface area contributed by atoms with E-state index in [-0.39, 0.29) is 11.7 Å². The molecular formula is C13H16O2. The average Bonchev–Trinajstić information content (AvgIpc) is 2.26. The maximum atomic E-state index is 11.0. The van der Waals surface area contributed by atoms with Crippen molar-refractivity contribution in [3.05, 3.63) is 42.0 Å². The zero-order valence-corrected chi connectivity index (χ0v) is 9.05. The molecule has 1 aromatic rings. The van der Waals surface area contributed by atoms with Gasteiger partial charge in [-0.05, 0) is 12.5 Å². The smallest absolute Gasteiger partial charge is 0.135 e. The molecule has 0 fully saturated rings. The first kappa shape index (κ1) is 11.7. The van der Waals surface area contributed by atoms with E-state index in [0.29, 0.717) is 0 Å². The van der Waals surface area contributed by atoms with Gasteiger partial charge in [-0.3, -0.25) is 4.79 Å². The molecule has 2 nitrogen and oxygen atoms in total. The molecule has 0 aliphatic rings. The molecule has 2 atom stereocenters. The van der Waals surface area contributed by atoms with Gasteiger partial charge >= 0.3 is 0 Å². The second kappa shape index (κ2) is 5.47. The normalized spacial score (nSPS) is 15.1. The molecule has 15 heavy (non-hydrogen) atoms. The number of aliphatic hydroxyl groups excluding tert-OH is 1. The minimum Gasteiger partial charge on any atom is -0.388 e. The summed E-state index contributed by atoms with van der Waals surface area (Å²) < 4.78 is 0. The maximum absolute atomic E-state index is 11.0. The fourth-order valence-electron chi connectivity index (χ4n) is 1.18. The van der Waals surface area contributed by atoms with E-state index in [1.165, 1.54) is 6.92 Å². The zero-order chi connectivity index (χ0) is 11.3. The van der Waals surface area contributed by atoms with Crippen LogP contribution in [0.5, 0.6) is 0 Å². The van der Waals surface area contributed by atoms with Crippen LogP contribution in [0.1, 0.15) is 19.4 Å². The van der Waals surface area contributed by atoms with E-state index in [1.54, 1.807) is 13.0 Å². The van der Waals surface area contributed by atoms with Crippen molar-refractivity contribution < 1.29 is 9.90 Å². The number of hydrogen-bond donors (Lipinski definition) is 1. The first-order valence-electron chi connectivity index (χ1n) is 5.03. The minimum absolute atomic E-state index is 0.000196. The first-order chi connectivity index (χ1) is 7.11. The molecule has 80 valence electrons. The van der Waals surface area contributed by atoms with Gasteiger partial charge in [0.15, 0.2) is 0 Å². The van der Waals surface area contributed by atoms with E-state index in [9.17, 15) is 9.90 Å². The van der Waals surface area contributed by atoms with Crippen LogP contribution in [0, 0.1) is 5.92 Å². The largest absolute Gasteiger partial charge is 0.388 e. The van der Waals surface area contributed by atoms with Crippen LogP contribution in [0.4, 0.5) is 0 Å². The van der Waals surface area contributed by atoms with E-state index in [1.807, 2.05) is 36.4 Å². The number of benzene rings is 1. The third-order valence-electron chi connectivity index (χ3n) is 2.44. The Balaban J connectivity index is 2.62. The van der Waals surface area contributed by atoms with Crippen LogP contribution in [0.25, 0.3) is 6.08 Å². The SMILES string of the molecule is CC(=O)C(C)C(O)/C=C/c1ccccc1. The Labute approximate surface area is 90.3 Å². The highest BCUT2D eigenvalue weighted by Gasteiger charge is 2.14. The summed E-state index contributed by atoms with van der Waals surface area (Å²) >= 11 is 0. The number of carbonyl (C=O) groups excluding carboxylic acids is 1. The molecule has 0 aliphatic carbocycles. The van der Waals surface area contributed by atoms with Crippen LogP contribution in [0.15, 0.2) is 36.4 Å². The lowest BCUT2D eigenvalue weighted by Crippen LogP contribution is -2.21. The number of hydrogen-bond acceptors (Lipinski definition) is 2. The quantitative estimate of drug-likeness (QED) is 0.817. The van der Waals surface area contributed by atoms with Gasteiger partial charge in [0.1, 0.15) is 5.78 Å². The molecule has 0 saturated heterocycles. The minimum atomic E-state index is -0.706. The Hall–Kier alpha value is -1.41. The van der Waals surface area contributed by atoms with Crippen molar-refractivity contribution in [2.24, 2.45) is 5.92 Å². The topological polar surface area (TPSA) is 37.3 Å². The van der Waals surface area contributed by atoms with Crippen molar-refractivity contribution in [1.82, 2.24) is 0 Å². The lowest BCUT2D eigenvalue weighted by atomic mass is 10.00. The number of rotatable bonds is 4. The van der Waals surface area contributed by atoms with E-state index >= 15 is 0 Å².